The van der Waals surface area contributed by atoms with Crippen LogP contribution < -0.4 is 30.4 Å². The van der Waals surface area contributed by atoms with E-state index in [0.29, 0.717) is 23.6 Å². The Morgan fingerprint density at radius 1 is 1.06 bits per heavy atom. The maximum Gasteiger partial charge on any atom is 0.240 e. The summed E-state index contributed by atoms with van der Waals surface area (Å²) in [5.74, 6) is 0.968. The molecule has 9 nitrogen and oxygen atoms in total. The van der Waals surface area contributed by atoms with Crippen molar-refractivity contribution in [1.29, 1.82) is 0 Å². The second kappa shape index (κ2) is 9.94. The standard InChI is InChI=1S/C20H24N4O5S2/c1-13-3-4-14(2)18(9-13)31(26,27)22-8-7-19(25)23-24-20(30)21-11-15-5-6-16-17(10-15)29-12-28-16/h3-6,9-10,22H,7-8,11-12H2,1-2H3,(H,23,25)(H2,21,24,30). The lowest BCUT2D eigenvalue weighted by Crippen LogP contribution is -2.47. The Hall–Kier alpha value is -2.89. The van der Waals surface area contributed by atoms with Crippen molar-refractivity contribution in [3.63, 3.8) is 0 Å². The molecular formula is C20H24N4O5S2. The molecule has 4 N–H and O–H groups in total. The first-order chi connectivity index (χ1) is 14.7. The van der Waals surface area contributed by atoms with Gasteiger partial charge in [0, 0.05) is 19.5 Å². The van der Waals surface area contributed by atoms with E-state index in [2.05, 4.69) is 20.9 Å². The largest absolute Gasteiger partial charge is 0.454 e. The van der Waals surface area contributed by atoms with Gasteiger partial charge in [-0.15, -0.1) is 0 Å². The highest BCUT2D eigenvalue weighted by Gasteiger charge is 2.17. The number of hydrogen-bond donors (Lipinski definition) is 4. The molecule has 0 spiro atoms. The van der Waals surface area contributed by atoms with Crippen molar-refractivity contribution in [2.24, 2.45) is 0 Å². The van der Waals surface area contributed by atoms with Gasteiger partial charge in [-0.2, -0.15) is 0 Å². The first kappa shape index (κ1) is 22.8. The predicted octanol–water partition coefficient (Wildman–Crippen LogP) is 1.40. The third kappa shape index (κ3) is 6.29. The van der Waals surface area contributed by atoms with Crippen LogP contribution in [0.2, 0.25) is 0 Å². The highest BCUT2D eigenvalue weighted by molar-refractivity contribution is 7.89. The Balaban J connectivity index is 1.38. The minimum absolute atomic E-state index is 0.0411. The van der Waals surface area contributed by atoms with E-state index >= 15 is 0 Å². The number of nitrogens with one attached hydrogen (secondary N) is 4. The minimum atomic E-state index is -3.69. The quantitative estimate of drug-likeness (QED) is 0.359. The molecule has 0 saturated heterocycles. The van der Waals surface area contributed by atoms with E-state index in [1.807, 2.05) is 31.2 Å². The molecular weight excluding hydrogens is 440 g/mol. The van der Waals surface area contributed by atoms with Crippen molar-refractivity contribution >= 4 is 33.3 Å². The van der Waals surface area contributed by atoms with Crippen molar-refractivity contribution in [1.82, 2.24) is 20.9 Å². The monoisotopic (exact) mass is 464 g/mol. The summed E-state index contributed by atoms with van der Waals surface area (Å²) in [4.78, 5) is 12.2. The number of ether oxygens (including phenoxy) is 2. The zero-order valence-electron chi connectivity index (χ0n) is 17.2. The highest BCUT2D eigenvalue weighted by atomic mass is 32.2. The zero-order valence-corrected chi connectivity index (χ0v) is 18.8. The third-order valence-corrected chi connectivity index (χ3v) is 6.33. The summed E-state index contributed by atoms with van der Waals surface area (Å²) in [7, 11) is -3.69. The first-order valence-corrected chi connectivity index (χ1v) is 11.4. The average Bonchev–Trinajstić information content (AvgIpc) is 3.20. The highest BCUT2D eigenvalue weighted by Crippen LogP contribution is 2.32. The number of rotatable bonds is 7. The maximum atomic E-state index is 12.4. The summed E-state index contributed by atoms with van der Waals surface area (Å²) in [6, 6.07) is 10.7. The van der Waals surface area contributed by atoms with Crippen LogP contribution in [0, 0.1) is 13.8 Å². The van der Waals surface area contributed by atoms with Gasteiger partial charge in [0.2, 0.25) is 22.7 Å². The molecule has 0 bridgehead atoms. The van der Waals surface area contributed by atoms with Gasteiger partial charge >= 0.3 is 0 Å². The first-order valence-electron chi connectivity index (χ1n) is 9.53. The molecule has 0 radical (unpaired) electrons. The SMILES string of the molecule is Cc1ccc(C)c(S(=O)(=O)NCCC(=O)NNC(=S)NCc2ccc3c(c2)OCO3)c1. The van der Waals surface area contributed by atoms with Gasteiger partial charge in [-0.3, -0.25) is 15.6 Å². The molecule has 2 aromatic carbocycles. The lowest BCUT2D eigenvalue weighted by atomic mass is 10.2. The van der Waals surface area contributed by atoms with Gasteiger partial charge in [-0.05, 0) is 61.0 Å². The van der Waals surface area contributed by atoms with Crippen LogP contribution in [-0.2, 0) is 21.4 Å². The van der Waals surface area contributed by atoms with Crippen LogP contribution >= 0.6 is 12.2 Å². The van der Waals surface area contributed by atoms with Gasteiger partial charge in [-0.1, -0.05) is 18.2 Å². The Bertz CT molecular complexity index is 1090. The normalized spacial score (nSPS) is 12.3. The van der Waals surface area contributed by atoms with Crippen LogP contribution in [0.25, 0.3) is 0 Å². The number of benzene rings is 2. The molecule has 11 heteroatoms. The molecule has 0 saturated carbocycles. The maximum absolute atomic E-state index is 12.4. The van der Waals surface area contributed by atoms with Crippen molar-refractivity contribution in [3.05, 3.63) is 53.1 Å². The number of carbonyl (C=O) groups is 1. The van der Waals surface area contributed by atoms with Crippen molar-refractivity contribution in [2.45, 2.75) is 31.7 Å². The van der Waals surface area contributed by atoms with Crippen LogP contribution in [0.4, 0.5) is 0 Å². The van der Waals surface area contributed by atoms with E-state index in [0.717, 1.165) is 11.1 Å². The molecule has 1 heterocycles. The fourth-order valence-electron chi connectivity index (χ4n) is 2.84. The Labute approximate surface area is 186 Å². The molecule has 0 fully saturated rings. The Kier molecular flexibility index (Phi) is 7.31. The fourth-order valence-corrected chi connectivity index (χ4v) is 4.32. The van der Waals surface area contributed by atoms with Crippen molar-refractivity contribution in [2.75, 3.05) is 13.3 Å². The molecule has 0 atom stereocenters. The minimum Gasteiger partial charge on any atom is -0.454 e. The van der Waals surface area contributed by atoms with Crippen LogP contribution in [0.15, 0.2) is 41.3 Å². The third-order valence-electron chi connectivity index (χ3n) is 4.48. The lowest BCUT2D eigenvalue weighted by Gasteiger charge is -2.13. The molecule has 0 aromatic heterocycles. The average molecular weight is 465 g/mol. The predicted molar refractivity (Wildman–Crippen MR) is 119 cm³/mol. The number of carbonyl (C=O) groups excluding carboxylic acids is 1. The molecule has 0 aliphatic carbocycles. The molecule has 3 rings (SSSR count). The number of hydrogen-bond acceptors (Lipinski definition) is 6. The van der Waals surface area contributed by atoms with E-state index in [1.54, 1.807) is 19.1 Å². The van der Waals surface area contributed by atoms with E-state index in [1.165, 1.54) is 0 Å². The molecule has 1 aliphatic rings. The van der Waals surface area contributed by atoms with Gasteiger partial charge in [-0.25, -0.2) is 13.1 Å². The van der Waals surface area contributed by atoms with Gasteiger partial charge < -0.3 is 14.8 Å². The summed E-state index contributed by atoms with van der Waals surface area (Å²) in [6.07, 6.45) is -0.0537. The summed E-state index contributed by atoms with van der Waals surface area (Å²) < 4.78 is 37.9. The summed E-state index contributed by atoms with van der Waals surface area (Å²) in [5.41, 5.74) is 7.44. The number of fused-ring (bicyclic) bond motifs is 1. The Morgan fingerprint density at radius 2 is 1.84 bits per heavy atom. The summed E-state index contributed by atoms with van der Waals surface area (Å²) in [6.45, 7) is 4.14. The van der Waals surface area contributed by atoms with E-state index < -0.39 is 15.9 Å². The number of aryl methyl sites for hydroxylation is 2. The molecule has 1 amide bonds. The summed E-state index contributed by atoms with van der Waals surface area (Å²) in [5, 5.41) is 3.18. The molecule has 0 unspecified atom stereocenters. The smallest absolute Gasteiger partial charge is 0.240 e. The molecule has 31 heavy (non-hydrogen) atoms. The van der Waals surface area contributed by atoms with E-state index in [9.17, 15) is 13.2 Å². The fraction of sp³-hybridized carbons (Fsp3) is 0.300. The van der Waals surface area contributed by atoms with Crippen molar-refractivity contribution in [3.8, 4) is 11.5 Å². The second-order valence-electron chi connectivity index (χ2n) is 6.96. The van der Waals surface area contributed by atoms with Gasteiger partial charge in [0.15, 0.2) is 16.6 Å². The number of amides is 1. The lowest BCUT2D eigenvalue weighted by molar-refractivity contribution is -0.121. The summed E-state index contributed by atoms with van der Waals surface area (Å²) >= 11 is 5.13. The second-order valence-corrected chi connectivity index (χ2v) is 9.10. The van der Waals surface area contributed by atoms with Gasteiger partial charge in [0.05, 0.1) is 4.90 Å². The van der Waals surface area contributed by atoms with Crippen LogP contribution in [-0.4, -0.2) is 32.8 Å². The topological polar surface area (TPSA) is 118 Å². The van der Waals surface area contributed by atoms with Crippen molar-refractivity contribution < 1.29 is 22.7 Å². The Morgan fingerprint density at radius 3 is 2.65 bits per heavy atom. The van der Waals surface area contributed by atoms with Crippen LogP contribution in [0.1, 0.15) is 23.1 Å². The zero-order chi connectivity index (χ0) is 22.4. The van der Waals surface area contributed by atoms with Crippen LogP contribution in [0.3, 0.4) is 0 Å². The van der Waals surface area contributed by atoms with Gasteiger partial charge in [0.25, 0.3) is 0 Å². The number of sulfonamides is 1. The van der Waals surface area contributed by atoms with Gasteiger partial charge in [0.1, 0.15) is 0 Å². The molecule has 2 aromatic rings. The molecule has 1 aliphatic heterocycles. The number of hydrazine groups is 1. The van der Waals surface area contributed by atoms with E-state index in [4.69, 9.17) is 21.7 Å². The van der Waals surface area contributed by atoms with E-state index in [-0.39, 0.29) is 29.8 Å². The van der Waals surface area contributed by atoms with Crippen LogP contribution in [0.5, 0.6) is 11.5 Å². The number of thiocarbonyl (C=S) groups is 1. The molecule has 166 valence electrons.